The maximum atomic E-state index is 11.2. The van der Waals surface area contributed by atoms with E-state index in [2.05, 4.69) is 26.1 Å². The van der Waals surface area contributed by atoms with Crippen LogP contribution < -0.4 is 5.32 Å². The average molecular weight is 394 g/mol. The van der Waals surface area contributed by atoms with E-state index in [0.717, 1.165) is 9.99 Å². The van der Waals surface area contributed by atoms with Crippen LogP contribution in [0.2, 0.25) is 5.02 Å². The van der Waals surface area contributed by atoms with Crippen LogP contribution in [0.4, 0.5) is 10.5 Å². The number of allylic oxidation sites excluding steroid dienone is 1. The molecule has 1 saturated heterocycles. The molecule has 25 heavy (non-hydrogen) atoms. The molecule has 0 saturated carbocycles. The molecule has 1 aliphatic rings. The number of pyridine rings is 1. The number of nitrogens with zero attached hydrogens (tertiary/aromatic N) is 4. The van der Waals surface area contributed by atoms with Gasteiger partial charge in [-0.1, -0.05) is 11.6 Å². The first-order chi connectivity index (χ1) is 12.1. The number of nitrogens with one attached hydrogen (secondary N) is 1. The van der Waals surface area contributed by atoms with Gasteiger partial charge in [-0.2, -0.15) is 5.26 Å². The van der Waals surface area contributed by atoms with Crippen molar-refractivity contribution in [2.24, 2.45) is 0 Å². The highest BCUT2D eigenvalue weighted by Crippen LogP contribution is 2.52. The number of nitriles is 1. The number of anilines is 1. The van der Waals surface area contributed by atoms with Gasteiger partial charge >= 0.3 is 6.09 Å². The average Bonchev–Trinajstić information content (AvgIpc) is 3.28. The van der Waals surface area contributed by atoms with Crippen molar-refractivity contribution in [2.45, 2.75) is 5.25 Å². The van der Waals surface area contributed by atoms with E-state index >= 15 is 0 Å². The van der Waals surface area contributed by atoms with Gasteiger partial charge in [-0.3, -0.25) is 14.9 Å². The Morgan fingerprint density at radius 2 is 2.44 bits per heavy atom. The van der Waals surface area contributed by atoms with Gasteiger partial charge in [-0.25, -0.2) is 9.78 Å². The highest BCUT2D eigenvalue weighted by atomic mass is 35.5. The van der Waals surface area contributed by atoms with Gasteiger partial charge < -0.3 is 4.74 Å². The number of hydrogen-bond acceptors (Lipinski definition) is 7. The summed E-state index contributed by atoms with van der Waals surface area (Å²) in [4.78, 5) is 19.6. The smallest absolute Gasteiger partial charge is 0.411 e. The van der Waals surface area contributed by atoms with E-state index in [9.17, 15) is 10.1 Å². The lowest BCUT2D eigenvalue weighted by Crippen LogP contribution is -2.11. The van der Waals surface area contributed by atoms with E-state index in [1.165, 1.54) is 13.3 Å². The van der Waals surface area contributed by atoms with E-state index in [1.54, 1.807) is 52.9 Å². The Morgan fingerprint density at radius 3 is 3.08 bits per heavy atom. The minimum absolute atomic E-state index is 0.0200. The van der Waals surface area contributed by atoms with Crippen molar-refractivity contribution in [2.75, 3.05) is 18.2 Å². The van der Waals surface area contributed by atoms with Gasteiger partial charge in [-0.05, 0) is 6.07 Å². The number of carbonyl (C=O) groups excluding carboxylic acids is 1. The molecule has 2 aromatic rings. The molecule has 0 aromatic carbocycles. The molecule has 128 valence electrons. The molecule has 0 radical (unpaired) electrons. The fraction of sp³-hybridized carbons (Fsp3) is 0.200. The second-order valence-electron chi connectivity index (χ2n) is 4.84. The van der Waals surface area contributed by atoms with E-state index in [1.807, 2.05) is 0 Å². The zero-order valence-electron chi connectivity index (χ0n) is 13.0. The lowest BCUT2D eigenvalue weighted by Gasteiger charge is -2.11. The molecule has 1 atom stereocenters. The summed E-state index contributed by atoms with van der Waals surface area (Å²) in [6.07, 6.45) is 5.91. The lowest BCUT2D eigenvalue weighted by molar-refractivity contribution is 0.187. The monoisotopic (exact) mass is 393 g/mol. The van der Waals surface area contributed by atoms with Gasteiger partial charge in [0, 0.05) is 18.1 Å². The quantitative estimate of drug-likeness (QED) is 0.788. The third-order valence-corrected chi connectivity index (χ3v) is 6.48. The first-order valence-electron chi connectivity index (χ1n) is 7.05. The van der Waals surface area contributed by atoms with E-state index in [4.69, 9.17) is 11.6 Å². The number of methoxy groups -OCH3 is 1. The van der Waals surface area contributed by atoms with Crippen molar-refractivity contribution in [1.29, 1.82) is 5.26 Å². The van der Waals surface area contributed by atoms with Crippen molar-refractivity contribution in [3.63, 3.8) is 0 Å². The molecule has 0 aliphatic carbocycles. The molecule has 1 fully saturated rings. The summed E-state index contributed by atoms with van der Waals surface area (Å²) < 4.78 is 7.13. The van der Waals surface area contributed by atoms with Crippen LogP contribution in [-0.4, -0.2) is 33.5 Å². The molecule has 1 aliphatic heterocycles. The summed E-state index contributed by atoms with van der Waals surface area (Å²) >= 11 is 9.46. The van der Waals surface area contributed by atoms with Crippen LogP contribution in [0, 0.1) is 11.3 Å². The van der Waals surface area contributed by atoms with Crippen LogP contribution in [0.5, 0.6) is 0 Å². The third kappa shape index (κ3) is 3.92. The van der Waals surface area contributed by atoms with Gasteiger partial charge in [0.25, 0.3) is 0 Å². The number of imidazole rings is 1. The molecular weight excluding hydrogens is 382 g/mol. The highest BCUT2D eigenvalue weighted by Gasteiger charge is 2.29. The second kappa shape index (κ2) is 7.82. The van der Waals surface area contributed by atoms with Crippen LogP contribution in [0.3, 0.4) is 0 Å². The molecule has 3 rings (SSSR count). The van der Waals surface area contributed by atoms with Crippen molar-refractivity contribution >= 4 is 52.6 Å². The minimum atomic E-state index is -0.583. The summed E-state index contributed by atoms with van der Waals surface area (Å²) in [5.74, 6) is 0.746. The summed E-state index contributed by atoms with van der Waals surface area (Å²) in [6.45, 7) is 0. The molecule has 7 nitrogen and oxygen atoms in total. The number of hydrogen-bond donors (Lipinski definition) is 1. The SMILES string of the molecule is COC(=O)Nc1cnc(C2CS/C(=C(/C#N)n3ccnc3)S2)c(Cl)c1. The largest absolute Gasteiger partial charge is 0.453 e. The summed E-state index contributed by atoms with van der Waals surface area (Å²) in [6, 6.07) is 3.85. The van der Waals surface area contributed by atoms with E-state index in [0.29, 0.717) is 22.1 Å². The summed E-state index contributed by atoms with van der Waals surface area (Å²) in [5.41, 5.74) is 1.71. The molecule has 2 aromatic heterocycles. The first-order valence-corrected chi connectivity index (χ1v) is 9.29. The Balaban J connectivity index is 1.80. The predicted molar refractivity (Wildman–Crippen MR) is 99.1 cm³/mol. The van der Waals surface area contributed by atoms with Crippen molar-refractivity contribution in [3.05, 3.63) is 45.9 Å². The highest BCUT2D eigenvalue weighted by molar-refractivity contribution is 8.25. The van der Waals surface area contributed by atoms with Crippen LogP contribution in [0.1, 0.15) is 10.9 Å². The van der Waals surface area contributed by atoms with Gasteiger partial charge in [0.2, 0.25) is 0 Å². The molecule has 1 unspecified atom stereocenters. The van der Waals surface area contributed by atoms with Crippen molar-refractivity contribution in [1.82, 2.24) is 14.5 Å². The van der Waals surface area contributed by atoms with Crippen LogP contribution in [0.25, 0.3) is 5.70 Å². The third-order valence-electron chi connectivity index (χ3n) is 3.28. The molecular formula is C15H12ClN5O2S2. The molecule has 1 N–H and O–H groups in total. The van der Waals surface area contributed by atoms with E-state index in [-0.39, 0.29) is 5.25 Å². The van der Waals surface area contributed by atoms with E-state index < -0.39 is 6.09 Å². The van der Waals surface area contributed by atoms with Gasteiger partial charge in [-0.15, -0.1) is 23.5 Å². The maximum Gasteiger partial charge on any atom is 0.411 e. The predicted octanol–water partition coefficient (Wildman–Crippen LogP) is 3.98. The Hall–Kier alpha value is -2.15. The summed E-state index contributed by atoms with van der Waals surface area (Å²) in [7, 11) is 1.28. The molecule has 10 heteroatoms. The van der Waals surface area contributed by atoms with Crippen LogP contribution >= 0.6 is 35.1 Å². The number of aromatic nitrogens is 3. The Kier molecular flexibility index (Phi) is 5.53. The molecule has 3 heterocycles. The standard InChI is InChI=1S/C15H12ClN5O2S2/c1-23-15(22)20-9-4-10(16)13(19-6-9)12-7-24-14(25-12)11(5-17)21-3-2-18-8-21/h2-4,6,8,12H,7H2,1H3,(H,20,22)/b14-11+. The fourth-order valence-corrected chi connectivity index (χ4v) is 5.36. The minimum Gasteiger partial charge on any atom is -0.453 e. The van der Waals surface area contributed by atoms with Gasteiger partial charge in [0.1, 0.15) is 11.8 Å². The Bertz CT molecular complexity index is 863. The number of ether oxygens (including phenoxy) is 1. The normalized spacial score (nSPS) is 18.5. The first kappa shape index (κ1) is 17.7. The Morgan fingerprint density at radius 1 is 1.60 bits per heavy atom. The lowest BCUT2D eigenvalue weighted by atomic mass is 10.2. The number of carbonyl (C=O) groups is 1. The van der Waals surface area contributed by atoms with Crippen molar-refractivity contribution in [3.8, 4) is 6.07 Å². The van der Waals surface area contributed by atoms with Crippen molar-refractivity contribution < 1.29 is 9.53 Å². The Labute approximate surface area is 157 Å². The second-order valence-corrected chi connectivity index (χ2v) is 7.75. The van der Waals surface area contributed by atoms with Crippen LogP contribution in [0.15, 0.2) is 35.2 Å². The number of halogens is 1. The number of thioether (sulfide) groups is 2. The zero-order chi connectivity index (χ0) is 17.8. The molecule has 1 amide bonds. The number of rotatable bonds is 3. The van der Waals surface area contributed by atoms with Crippen LogP contribution in [-0.2, 0) is 4.74 Å². The van der Waals surface area contributed by atoms with Gasteiger partial charge in [0.05, 0.1) is 45.5 Å². The fourth-order valence-electron chi connectivity index (χ4n) is 2.13. The zero-order valence-corrected chi connectivity index (χ0v) is 15.4. The molecule has 0 bridgehead atoms. The maximum absolute atomic E-state index is 11.2. The van der Waals surface area contributed by atoms with Gasteiger partial charge in [0.15, 0.2) is 0 Å². The topological polar surface area (TPSA) is 92.8 Å². The molecule has 0 spiro atoms. The number of amides is 1. The summed E-state index contributed by atoms with van der Waals surface area (Å²) in [5, 5.41) is 12.4.